The first kappa shape index (κ1) is 36.4. The fourth-order valence-electron chi connectivity index (χ4n) is 8.91. The Balaban J connectivity index is 1.01. The molecule has 0 bridgehead atoms. The van der Waals surface area contributed by atoms with Gasteiger partial charge in [-0.25, -0.2) is 9.55 Å². The summed E-state index contributed by atoms with van der Waals surface area (Å²) in [5.74, 6) is 4.79. The zero-order chi connectivity index (χ0) is 41.1. The van der Waals surface area contributed by atoms with Crippen molar-refractivity contribution in [1.82, 2.24) is 18.9 Å². The van der Waals surface area contributed by atoms with E-state index in [9.17, 15) is 0 Å². The number of benzene rings is 6. The van der Waals surface area contributed by atoms with E-state index < -0.39 is 0 Å². The van der Waals surface area contributed by atoms with E-state index in [4.69, 9.17) is 9.72 Å². The van der Waals surface area contributed by atoms with E-state index in [1.165, 1.54) is 38.8 Å². The van der Waals surface area contributed by atoms with Crippen LogP contribution in [0, 0.1) is 0 Å². The van der Waals surface area contributed by atoms with Gasteiger partial charge < -0.3 is 9.55 Å². The molecule has 11 rings (SSSR count). The molecule has 0 saturated heterocycles. The molecular weight excluding hydrogens is 745 g/mol. The summed E-state index contributed by atoms with van der Waals surface area (Å²) in [7, 11) is 0. The van der Waals surface area contributed by atoms with Crippen molar-refractivity contribution in [3.05, 3.63) is 224 Å². The fraction of sp³-hybridized carbons (Fsp3) is 0.0741. The highest BCUT2D eigenvalue weighted by Gasteiger charge is 2.37. The Bertz CT molecular complexity index is 3280. The zero-order valence-electron chi connectivity index (χ0n) is 34.4. The molecule has 0 atom stereocenters. The summed E-state index contributed by atoms with van der Waals surface area (Å²) in [6, 6.07) is 57.6. The number of aromatic nitrogens is 4. The smallest absolute Gasteiger partial charge is 0.369 e. The van der Waals surface area contributed by atoms with E-state index in [2.05, 4.69) is 234 Å². The van der Waals surface area contributed by atoms with Crippen LogP contribution in [0.4, 0.5) is 0 Å². The molecule has 3 aromatic heterocycles. The summed E-state index contributed by atoms with van der Waals surface area (Å²) < 4.78 is 13.7. The molecule has 0 amide bonds. The molecule has 9 aromatic rings. The van der Waals surface area contributed by atoms with E-state index in [1.54, 1.807) is 0 Å². The maximum absolute atomic E-state index is 6.75. The lowest BCUT2D eigenvalue weighted by Gasteiger charge is -2.31. The Morgan fingerprint density at radius 2 is 1.31 bits per heavy atom. The molecule has 6 nitrogen and oxygen atoms in total. The number of ether oxygens (including phenoxy) is 1. The lowest BCUT2D eigenvalue weighted by molar-refractivity contribution is -0.546. The van der Waals surface area contributed by atoms with Crippen molar-refractivity contribution in [1.29, 1.82) is 0 Å². The molecule has 0 aliphatic carbocycles. The lowest BCUT2D eigenvalue weighted by Crippen LogP contribution is -2.48. The van der Waals surface area contributed by atoms with Crippen LogP contribution in [-0.2, 0) is 5.41 Å². The van der Waals surface area contributed by atoms with Crippen LogP contribution in [0.5, 0.6) is 11.5 Å². The summed E-state index contributed by atoms with van der Waals surface area (Å²) in [6.45, 7) is 6.67. The van der Waals surface area contributed by atoms with E-state index in [-0.39, 0.29) is 12.3 Å². The van der Waals surface area contributed by atoms with Crippen LogP contribution in [0.1, 0.15) is 37.5 Å². The van der Waals surface area contributed by atoms with E-state index in [0.717, 1.165) is 50.5 Å². The van der Waals surface area contributed by atoms with Crippen molar-refractivity contribution >= 4 is 56.4 Å². The predicted octanol–water partition coefficient (Wildman–Crippen LogP) is 12.4. The van der Waals surface area contributed by atoms with Crippen LogP contribution in [0.25, 0.3) is 61.1 Å². The molecule has 0 radical (unpaired) electrons. The molecule has 7 heteroatoms. The average Bonchev–Trinajstić information content (AvgIpc) is 3.85. The number of fused-ring (bicyclic) bond motifs is 5. The van der Waals surface area contributed by atoms with Gasteiger partial charge in [-0.05, 0) is 107 Å². The van der Waals surface area contributed by atoms with Gasteiger partial charge in [0, 0.05) is 34.7 Å². The van der Waals surface area contributed by atoms with Crippen molar-refractivity contribution in [3.8, 4) is 23.0 Å². The fourth-order valence-corrected chi connectivity index (χ4v) is 8.91. The Kier molecular flexibility index (Phi) is 8.71. The second-order valence-electron chi connectivity index (χ2n) is 16.8. The summed E-state index contributed by atoms with van der Waals surface area (Å²) >= 11 is 0. The number of hydrogen-bond donors (Lipinski definition) is 0. The highest BCUT2D eigenvalue weighted by Crippen LogP contribution is 2.37. The number of allylic oxidation sites excluding steroid dienone is 4. The van der Waals surface area contributed by atoms with Crippen LogP contribution in [0.2, 0.25) is 0 Å². The summed E-state index contributed by atoms with van der Waals surface area (Å²) in [5.41, 5.74) is 12.5. The zero-order valence-corrected chi connectivity index (χ0v) is 34.4. The number of imidazole rings is 1. The second kappa shape index (κ2) is 14.6. The molecule has 0 N–H and O–H groups in total. The minimum Gasteiger partial charge on any atom is -0.457 e. The largest absolute Gasteiger partial charge is 0.457 e. The van der Waals surface area contributed by atoms with Gasteiger partial charge in [0.25, 0.3) is 6.33 Å². The third-order valence-electron chi connectivity index (χ3n) is 12.0. The number of para-hydroxylation sites is 3. The van der Waals surface area contributed by atoms with Crippen LogP contribution in [0.3, 0.4) is 0 Å². The van der Waals surface area contributed by atoms with Gasteiger partial charge in [0.2, 0.25) is 0 Å². The SMILES string of the molecule is CC(C)(C)c1ccnc(-n2c3ccccc3c3ccc(Oc4cccc(-n5c[n+](C6=C(c7ccccc7)C=CN7C=CC(c8ccccc8)=CB67)c6ccccc65)c4)cc32)c1. The Labute approximate surface area is 356 Å². The van der Waals surface area contributed by atoms with Gasteiger partial charge in [-0.3, -0.25) is 4.57 Å². The van der Waals surface area contributed by atoms with E-state index in [1.807, 2.05) is 12.3 Å². The topological polar surface area (TPSA) is 39.1 Å². The minimum atomic E-state index is -0.0454. The summed E-state index contributed by atoms with van der Waals surface area (Å²) in [6.07, 6.45) is 13.0. The third-order valence-corrected chi connectivity index (χ3v) is 12.0. The number of hydrogen-bond acceptors (Lipinski definition) is 3. The minimum absolute atomic E-state index is 0.00878. The quantitative estimate of drug-likeness (QED) is 0.119. The van der Waals surface area contributed by atoms with Gasteiger partial charge in [-0.2, -0.15) is 4.57 Å². The van der Waals surface area contributed by atoms with Crippen molar-refractivity contribution in [3.63, 3.8) is 0 Å². The molecule has 2 aliphatic heterocycles. The molecule has 0 unspecified atom stereocenters. The molecule has 0 saturated carbocycles. The molecule has 0 spiro atoms. The molecule has 61 heavy (non-hydrogen) atoms. The molecule has 2 aliphatic rings. The van der Waals surface area contributed by atoms with Crippen LogP contribution < -0.4 is 9.30 Å². The monoisotopic (exact) mass is 788 g/mol. The summed E-state index contributed by atoms with van der Waals surface area (Å²) in [4.78, 5) is 7.18. The van der Waals surface area contributed by atoms with Gasteiger partial charge in [0.15, 0.2) is 11.0 Å². The first-order valence-corrected chi connectivity index (χ1v) is 20.9. The van der Waals surface area contributed by atoms with Gasteiger partial charge in [-0.15, -0.1) is 0 Å². The Morgan fingerprint density at radius 1 is 0.607 bits per heavy atom. The van der Waals surface area contributed by atoms with Crippen molar-refractivity contribution < 1.29 is 9.30 Å². The normalized spacial score (nSPS) is 14.0. The molecule has 5 heterocycles. The number of nitrogens with zero attached hydrogens (tertiary/aromatic N) is 5. The van der Waals surface area contributed by atoms with Gasteiger partial charge in [0.05, 0.1) is 11.0 Å². The van der Waals surface area contributed by atoms with Crippen molar-refractivity contribution in [2.45, 2.75) is 26.2 Å². The maximum Gasteiger partial charge on any atom is 0.369 e. The van der Waals surface area contributed by atoms with Crippen molar-refractivity contribution in [2.75, 3.05) is 0 Å². The first-order chi connectivity index (χ1) is 29.9. The van der Waals surface area contributed by atoms with Crippen LogP contribution in [-0.4, -0.2) is 25.8 Å². The van der Waals surface area contributed by atoms with Gasteiger partial charge in [0.1, 0.15) is 28.6 Å². The molecular formula is C54H43BN5O+. The highest BCUT2D eigenvalue weighted by molar-refractivity contribution is 6.81. The molecule has 0 fully saturated rings. The molecule has 6 aromatic carbocycles. The standard InChI is InChI=1S/C54H43BN5O/c1-54(2,3)41-27-30-56-52(33-41)60-48-22-11-10-21-46(48)47-26-25-44(35-51(47)60)61-43-20-14-19-42(34-43)58-37-59(50-24-13-12-23-49(50)58)53-45(39-17-8-5-9-18-39)29-32-57-31-28-40(36-55(53)57)38-15-6-4-7-16-38/h4-37H,1-3H3/q+1. The highest BCUT2D eigenvalue weighted by atomic mass is 16.5. The van der Waals surface area contributed by atoms with Crippen molar-refractivity contribution in [2.24, 2.45) is 0 Å². The Morgan fingerprint density at radius 3 is 2.13 bits per heavy atom. The summed E-state index contributed by atoms with van der Waals surface area (Å²) in [5, 5.41) is 2.34. The predicted molar refractivity (Wildman–Crippen MR) is 251 cm³/mol. The van der Waals surface area contributed by atoms with Gasteiger partial charge in [-0.1, -0.05) is 124 Å². The van der Waals surface area contributed by atoms with E-state index in [0.29, 0.717) is 0 Å². The first-order valence-electron chi connectivity index (χ1n) is 20.9. The van der Waals surface area contributed by atoms with Crippen LogP contribution >= 0.6 is 0 Å². The van der Waals surface area contributed by atoms with Gasteiger partial charge >= 0.3 is 6.85 Å². The number of rotatable bonds is 7. The lowest BCUT2D eigenvalue weighted by atomic mass is 9.52. The van der Waals surface area contributed by atoms with Crippen LogP contribution in [0.15, 0.2) is 207 Å². The number of pyridine rings is 1. The third kappa shape index (κ3) is 6.46. The molecule has 292 valence electrons. The Hall–Kier alpha value is -7.64. The van der Waals surface area contributed by atoms with E-state index >= 15 is 0 Å². The second-order valence-corrected chi connectivity index (χ2v) is 16.8. The maximum atomic E-state index is 6.75. The average molecular weight is 789 g/mol.